The van der Waals surface area contributed by atoms with Gasteiger partial charge in [-0.1, -0.05) is 0 Å². The highest BCUT2D eigenvalue weighted by Crippen LogP contribution is 2.29. The van der Waals surface area contributed by atoms with E-state index < -0.39 is 11.4 Å². The molecule has 0 aliphatic carbocycles. The summed E-state index contributed by atoms with van der Waals surface area (Å²) in [6.45, 7) is 8.90. The standard InChI is InChI=1S/C12H22N2O3/c1-11(2,3)13-9(15)7-14-6-5-12(4,8-14)10(16)17/h5-8H2,1-4H3,(H,13,15)(H,16,17). The Morgan fingerprint density at radius 2 is 2.00 bits per heavy atom. The summed E-state index contributed by atoms with van der Waals surface area (Å²) in [4.78, 5) is 24.6. The zero-order valence-corrected chi connectivity index (χ0v) is 11.0. The highest BCUT2D eigenvalue weighted by atomic mass is 16.4. The first-order valence-electron chi connectivity index (χ1n) is 5.89. The molecule has 0 spiro atoms. The summed E-state index contributed by atoms with van der Waals surface area (Å²) < 4.78 is 0. The molecule has 1 aliphatic heterocycles. The number of amides is 1. The molecule has 1 amide bonds. The van der Waals surface area contributed by atoms with Crippen LogP contribution in [-0.4, -0.2) is 47.1 Å². The largest absolute Gasteiger partial charge is 0.481 e. The van der Waals surface area contributed by atoms with Crippen LogP contribution < -0.4 is 5.32 Å². The number of rotatable bonds is 3. The summed E-state index contributed by atoms with van der Waals surface area (Å²) in [7, 11) is 0. The van der Waals surface area contributed by atoms with E-state index in [0.717, 1.165) is 0 Å². The van der Waals surface area contributed by atoms with Crippen molar-refractivity contribution < 1.29 is 14.7 Å². The fourth-order valence-corrected chi connectivity index (χ4v) is 2.03. The third-order valence-corrected chi connectivity index (χ3v) is 2.95. The van der Waals surface area contributed by atoms with Crippen molar-refractivity contribution in [1.29, 1.82) is 0 Å². The number of carbonyl (C=O) groups excluding carboxylic acids is 1. The molecule has 0 aromatic rings. The van der Waals surface area contributed by atoms with Crippen molar-refractivity contribution in [1.82, 2.24) is 10.2 Å². The average molecular weight is 242 g/mol. The lowest BCUT2D eigenvalue weighted by Gasteiger charge is -2.24. The molecule has 1 saturated heterocycles. The molecule has 0 bridgehead atoms. The third kappa shape index (κ3) is 4.00. The van der Waals surface area contributed by atoms with Gasteiger partial charge in [0.2, 0.25) is 5.91 Å². The van der Waals surface area contributed by atoms with E-state index in [9.17, 15) is 9.59 Å². The van der Waals surface area contributed by atoms with Crippen LogP contribution in [0, 0.1) is 5.41 Å². The van der Waals surface area contributed by atoms with Crippen LogP contribution in [0.1, 0.15) is 34.1 Å². The van der Waals surface area contributed by atoms with E-state index in [1.54, 1.807) is 6.92 Å². The monoisotopic (exact) mass is 242 g/mol. The minimum absolute atomic E-state index is 0.0489. The van der Waals surface area contributed by atoms with E-state index in [4.69, 9.17) is 5.11 Å². The van der Waals surface area contributed by atoms with Gasteiger partial charge in [0, 0.05) is 12.1 Å². The van der Waals surface area contributed by atoms with Gasteiger partial charge in [-0.3, -0.25) is 14.5 Å². The lowest BCUT2D eigenvalue weighted by atomic mass is 9.90. The smallest absolute Gasteiger partial charge is 0.310 e. The van der Waals surface area contributed by atoms with Crippen molar-refractivity contribution in [3.63, 3.8) is 0 Å². The highest BCUT2D eigenvalue weighted by molar-refractivity contribution is 5.79. The van der Waals surface area contributed by atoms with Crippen molar-refractivity contribution in [3.8, 4) is 0 Å². The summed E-state index contributed by atoms with van der Waals surface area (Å²) in [5.74, 6) is -0.830. The van der Waals surface area contributed by atoms with Crippen molar-refractivity contribution in [2.75, 3.05) is 19.6 Å². The number of nitrogens with zero attached hydrogens (tertiary/aromatic N) is 1. The van der Waals surface area contributed by atoms with Crippen LogP contribution in [0.2, 0.25) is 0 Å². The number of nitrogens with one attached hydrogen (secondary N) is 1. The average Bonchev–Trinajstić information content (AvgIpc) is 2.45. The highest BCUT2D eigenvalue weighted by Gasteiger charge is 2.40. The molecule has 2 N–H and O–H groups in total. The number of aliphatic carboxylic acids is 1. The number of carboxylic acid groups (broad SMARTS) is 1. The Balaban J connectivity index is 2.46. The van der Waals surface area contributed by atoms with E-state index in [2.05, 4.69) is 5.32 Å². The molecule has 5 nitrogen and oxygen atoms in total. The van der Waals surface area contributed by atoms with Crippen LogP contribution in [0.15, 0.2) is 0 Å². The molecule has 5 heteroatoms. The summed E-state index contributed by atoms with van der Waals surface area (Å²) in [5.41, 5.74) is -0.949. The van der Waals surface area contributed by atoms with Gasteiger partial charge >= 0.3 is 5.97 Å². The minimum Gasteiger partial charge on any atom is -0.481 e. The van der Waals surface area contributed by atoms with Gasteiger partial charge in [-0.15, -0.1) is 0 Å². The topological polar surface area (TPSA) is 69.6 Å². The first kappa shape index (κ1) is 14.0. The fraction of sp³-hybridized carbons (Fsp3) is 0.833. The van der Waals surface area contributed by atoms with Gasteiger partial charge in [-0.25, -0.2) is 0 Å². The van der Waals surface area contributed by atoms with Crippen LogP contribution in [0.5, 0.6) is 0 Å². The predicted octanol–water partition coefficient (Wildman–Crippen LogP) is 0.698. The molecular weight excluding hydrogens is 220 g/mol. The molecule has 0 aromatic heterocycles. The molecule has 1 fully saturated rings. The summed E-state index contributed by atoms with van der Waals surface area (Å²) in [6, 6.07) is 0. The molecule has 1 heterocycles. The second kappa shape index (κ2) is 4.64. The summed E-state index contributed by atoms with van der Waals surface area (Å²) in [5, 5.41) is 12.0. The van der Waals surface area contributed by atoms with E-state index in [1.165, 1.54) is 0 Å². The van der Waals surface area contributed by atoms with E-state index >= 15 is 0 Å². The Labute approximate surface area is 102 Å². The van der Waals surface area contributed by atoms with Crippen LogP contribution >= 0.6 is 0 Å². The molecule has 98 valence electrons. The van der Waals surface area contributed by atoms with Crippen molar-refractivity contribution in [3.05, 3.63) is 0 Å². The third-order valence-electron chi connectivity index (χ3n) is 2.95. The molecule has 1 aliphatic rings. The second-order valence-corrected chi connectivity index (χ2v) is 6.12. The van der Waals surface area contributed by atoms with Gasteiger partial charge in [0.25, 0.3) is 0 Å². The first-order valence-corrected chi connectivity index (χ1v) is 5.89. The molecule has 0 radical (unpaired) electrons. The molecule has 1 unspecified atom stereocenters. The maximum Gasteiger partial charge on any atom is 0.310 e. The van der Waals surface area contributed by atoms with Gasteiger partial charge in [0.1, 0.15) is 0 Å². The normalized spacial score (nSPS) is 25.9. The van der Waals surface area contributed by atoms with Gasteiger partial charge in [0.15, 0.2) is 0 Å². The number of hydrogen-bond donors (Lipinski definition) is 2. The summed E-state index contributed by atoms with van der Waals surface area (Å²) >= 11 is 0. The van der Waals surface area contributed by atoms with Gasteiger partial charge in [-0.05, 0) is 40.7 Å². The Morgan fingerprint density at radius 3 is 2.41 bits per heavy atom. The van der Waals surface area contributed by atoms with Crippen LogP contribution in [-0.2, 0) is 9.59 Å². The van der Waals surface area contributed by atoms with Crippen molar-refractivity contribution >= 4 is 11.9 Å². The van der Waals surface area contributed by atoms with E-state index in [0.29, 0.717) is 19.5 Å². The number of hydrogen-bond acceptors (Lipinski definition) is 3. The van der Waals surface area contributed by atoms with Crippen LogP contribution in [0.25, 0.3) is 0 Å². The maximum absolute atomic E-state index is 11.7. The zero-order chi connectivity index (χ0) is 13.3. The molecule has 0 aromatic carbocycles. The summed E-state index contributed by atoms with van der Waals surface area (Å²) in [6.07, 6.45) is 0.602. The molecule has 17 heavy (non-hydrogen) atoms. The quantitative estimate of drug-likeness (QED) is 0.764. The Morgan fingerprint density at radius 1 is 1.41 bits per heavy atom. The Bertz CT molecular complexity index is 322. The lowest BCUT2D eigenvalue weighted by Crippen LogP contribution is -2.46. The first-order chi connectivity index (χ1) is 7.62. The zero-order valence-electron chi connectivity index (χ0n) is 11.0. The predicted molar refractivity (Wildman–Crippen MR) is 64.7 cm³/mol. The Hall–Kier alpha value is -1.10. The van der Waals surface area contributed by atoms with E-state index in [-0.39, 0.29) is 18.0 Å². The second-order valence-electron chi connectivity index (χ2n) is 6.12. The molecular formula is C12H22N2O3. The Kier molecular flexibility index (Phi) is 3.81. The number of carboxylic acids is 1. The van der Waals surface area contributed by atoms with Gasteiger partial charge in [-0.2, -0.15) is 0 Å². The lowest BCUT2D eigenvalue weighted by molar-refractivity contribution is -0.147. The van der Waals surface area contributed by atoms with Crippen LogP contribution in [0.3, 0.4) is 0 Å². The van der Waals surface area contributed by atoms with Gasteiger partial charge < -0.3 is 10.4 Å². The van der Waals surface area contributed by atoms with Crippen molar-refractivity contribution in [2.24, 2.45) is 5.41 Å². The number of likely N-dealkylation sites (tertiary alicyclic amines) is 1. The van der Waals surface area contributed by atoms with E-state index in [1.807, 2.05) is 25.7 Å². The minimum atomic E-state index is -0.781. The maximum atomic E-state index is 11.7. The van der Waals surface area contributed by atoms with Gasteiger partial charge in [0.05, 0.1) is 12.0 Å². The molecule has 1 atom stereocenters. The number of carbonyl (C=O) groups is 2. The SMILES string of the molecule is CC(C)(C)NC(=O)CN1CCC(C)(C(=O)O)C1. The van der Waals surface area contributed by atoms with Crippen molar-refractivity contribution in [2.45, 2.75) is 39.7 Å². The fourth-order valence-electron chi connectivity index (χ4n) is 2.03. The molecule has 0 saturated carbocycles. The molecule has 1 rings (SSSR count). The van der Waals surface area contributed by atoms with Crippen LogP contribution in [0.4, 0.5) is 0 Å².